The predicted octanol–water partition coefficient (Wildman–Crippen LogP) is 5.90. The van der Waals surface area contributed by atoms with Gasteiger partial charge in [-0.3, -0.25) is 0 Å². The molecular formula is C25H31NO4S. The van der Waals surface area contributed by atoms with Crippen LogP contribution in [0.4, 0.5) is 0 Å². The molecule has 2 unspecified atom stereocenters. The summed E-state index contributed by atoms with van der Waals surface area (Å²) in [7, 11) is 0. The van der Waals surface area contributed by atoms with E-state index in [4.69, 9.17) is 9.47 Å². The van der Waals surface area contributed by atoms with Gasteiger partial charge >= 0.3 is 5.97 Å². The van der Waals surface area contributed by atoms with Crippen molar-refractivity contribution in [3.8, 4) is 16.3 Å². The second kappa shape index (κ2) is 10.6. The molecule has 3 rings (SSSR count). The number of aryl methyl sites for hydroxylation is 2. The number of aromatic nitrogens is 1. The molecule has 0 aliphatic carbocycles. The second-order valence-electron chi connectivity index (χ2n) is 7.57. The summed E-state index contributed by atoms with van der Waals surface area (Å²) in [5.41, 5.74) is 3.38. The highest BCUT2D eigenvalue weighted by molar-refractivity contribution is 7.15. The monoisotopic (exact) mass is 441 g/mol. The van der Waals surface area contributed by atoms with Crippen LogP contribution in [0.1, 0.15) is 42.3 Å². The zero-order valence-electron chi connectivity index (χ0n) is 18.6. The van der Waals surface area contributed by atoms with Gasteiger partial charge < -0.3 is 19.1 Å². The Morgan fingerprint density at radius 1 is 1.06 bits per heavy atom. The molecule has 0 amide bonds. The van der Waals surface area contributed by atoms with Crippen molar-refractivity contribution in [2.45, 2.75) is 52.7 Å². The van der Waals surface area contributed by atoms with Gasteiger partial charge in [0.15, 0.2) is 6.10 Å². The number of hydrogen-bond acceptors (Lipinski definition) is 4. The number of carboxylic acid groups (broad SMARTS) is 1. The minimum absolute atomic E-state index is 0.189. The Hall–Kier alpha value is -2.57. The predicted molar refractivity (Wildman–Crippen MR) is 125 cm³/mol. The van der Waals surface area contributed by atoms with E-state index in [0.29, 0.717) is 19.6 Å². The van der Waals surface area contributed by atoms with Crippen LogP contribution in [-0.4, -0.2) is 35.0 Å². The highest BCUT2D eigenvalue weighted by Crippen LogP contribution is 2.30. The lowest BCUT2D eigenvalue weighted by atomic mass is 9.91. The first-order valence-electron chi connectivity index (χ1n) is 10.7. The summed E-state index contributed by atoms with van der Waals surface area (Å²) < 4.78 is 13.7. The van der Waals surface area contributed by atoms with E-state index in [1.54, 1.807) is 11.3 Å². The van der Waals surface area contributed by atoms with E-state index in [-0.39, 0.29) is 5.92 Å². The number of thiophene rings is 1. The summed E-state index contributed by atoms with van der Waals surface area (Å²) in [6.45, 7) is 9.72. The molecule has 1 N–H and O–H groups in total. The molecule has 2 heterocycles. The fourth-order valence-electron chi connectivity index (χ4n) is 3.88. The van der Waals surface area contributed by atoms with Crippen molar-refractivity contribution in [3.63, 3.8) is 0 Å². The highest BCUT2D eigenvalue weighted by atomic mass is 32.1. The largest absolute Gasteiger partial charge is 0.492 e. The molecule has 0 aliphatic heterocycles. The molecule has 1 aromatic carbocycles. The summed E-state index contributed by atoms with van der Waals surface area (Å²) >= 11 is 1.80. The van der Waals surface area contributed by atoms with Gasteiger partial charge in [-0.25, -0.2) is 4.79 Å². The third-order valence-electron chi connectivity index (χ3n) is 5.48. The quantitative estimate of drug-likeness (QED) is 0.403. The van der Waals surface area contributed by atoms with Crippen molar-refractivity contribution in [2.24, 2.45) is 0 Å². The van der Waals surface area contributed by atoms with Crippen LogP contribution in [0.25, 0.3) is 10.6 Å². The van der Waals surface area contributed by atoms with Crippen LogP contribution in [-0.2, 0) is 16.1 Å². The molecule has 31 heavy (non-hydrogen) atoms. The average Bonchev–Trinajstić information content (AvgIpc) is 3.34. The lowest BCUT2D eigenvalue weighted by Gasteiger charge is -2.23. The molecule has 2 aromatic heterocycles. The molecular weight excluding hydrogens is 410 g/mol. The van der Waals surface area contributed by atoms with Crippen LogP contribution in [0, 0.1) is 13.8 Å². The van der Waals surface area contributed by atoms with E-state index in [1.807, 2.05) is 38.1 Å². The number of carboxylic acids is 1. The molecule has 3 aromatic rings. The first kappa shape index (κ1) is 23.1. The normalized spacial score (nSPS) is 13.2. The zero-order valence-corrected chi connectivity index (χ0v) is 19.4. The Morgan fingerprint density at radius 3 is 2.39 bits per heavy atom. The number of ether oxygens (including phenoxy) is 2. The van der Waals surface area contributed by atoms with Gasteiger partial charge in [0.1, 0.15) is 12.4 Å². The smallest absolute Gasteiger partial charge is 0.333 e. The molecule has 0 saturated carbocycles. The Labute approximate surface area is 188 Å². The lowest BCUT2D eigenvalue weighted by Crippen LogP contribution is -2.30. The van der Waals surface area contributed by atoms with Gasteiger partial charge in [-0.2, -0.15) is 0 Å². The van der Waals surface area contributed by atoms with Crippen molar-refractivity contribution in [3.05, 3.63) is 64.7 Å². The second-order valence-corrected chi connectivity index (χ2v) is 8.86. The van der Waals surface area contributed by atoms with Crippen molar-refractivity contribution in [1.82, 2.24) is 4.57 Å². The summed E-state index contributed by atoms with van der Waals surface area (Å²) in [5.74, 6) is -0.334. The Kier molecular flexibility index (Phi) is 7.93. The van der Waals surface area contributed by atoms with Crippen LogP contribution < -0.4 is 4.74 Å². The third-order valence-corrected chi connectivity index (χ3v) is 6.50. The lowest BCUT2D eigenvalue weighted by molar-refractivity contribution is -0.151. The third kappa shape index (κ3) is 5.57. The van der Waals surface area contributed by atoms with E-state index in [0.717, 1.165) is 17.9 Å². The minimum atomic E-state index is -0.923. The fraction of sp³-hybridized carbons (Fsp3) is 0.400. The van der Waals surface area contributed by atoms with E-state index in [1.165, 1.54) is 21.1 Å². The molecule has 6 heteroatoms. The summed E-state index contributed by atoms with van der Waals surface area (Å²) in [6.07, 6.45) is -0.146. The van der Waals surface area contributed by atoms with E-state index in [9.17, 15) is 9.90 Å². The van der Waals surface area contributed by atoms with Gasteiger partial charge in [-0.1, -0.05) is 19.1 Å². The van der Waals surface area contributed by atoms with E-state index >= 15 is 0 Å². The van der Waals surface area contributed by atoms with Gasteiger partial charge in [0.05, 0.1) is 17.1 Å². The van der Waals surface area contributed by atoms with Crippen LogP contribution in [0.5, 0.6) is 5.75 Å². The standard InChI is InChI=1S/C25H31NO4S/c1-5-21(24(25(27)28)29-6-2)19-9-11-20(12-10-19)30-16-15-26-17(3)7-13-22(26)23-14-8-18(4)31-23/h7-14,21,24H,5-6,15-16H2,1-4H3,(H,27,28). The fourth-order valence-corrected chi connectivity index (χ4v) is 4.79. The molecule has 0 aliphatic rings. The van der Waals surface area contributed by atoms with Gasteiger partial charge in [-0.15, -0.1) is 11.3 Å². The minimum Gasteiger partial charge on any atom is -0.492 e. The highest BCUT2D eigenvalue weighted by Gasteiger charge is 2.28. The van der Waals surface area contributed by atoms with Crippen molar-refractivity contribution >= 4 is 17.3 Å². The maximum atomic E-state index is 11.6. The van der Waals surface area contributed by atoms with Crippen LogP contribution in [0.3, 0.4) is 0 Å². The summed E-state index contributed by atoms with van der Waals surface area (Å²) in [4.78, 5) is 14.2. The van der Waals surface area contributed by atoms with Crippen molar-refractivity contribution in [1.29, 1.82) is 0 Å². The molecule has 0 spiro atoms. The molecule has 0 fully saturated rings. The van der Waals surface area contributed by atoms with Crippen molar-refractivity contribution in [2.75, 3.05) is 13.2 Å². The van der Waals surface area contributed by atoms with Crippen molar-refractivity contribution < 1.29 is 19.4 Å². The number of carbonyl (C=O) groups is 1. The molecule has 5 nitrogen and oxygen atoms in total. The maximum absolute atomic E-state index is 11.6. The van der Waals surface area contributed by atoms with Gasteiger partial charge in [0.2, 0.25) is 0 Å². The van der Waals surface area contributed by atoms with Gasteiger partial charge in [-0.05, 0) is 69.2 Å². The SMILES string of the molecule is CCOC(C(=O)O)C(CC)c1ccc(OCCn2c(C)ccc2-c2ccc(C)s2)cc1. The zero-order chi connectivity index (χ0) is 22.4. The van der Waals surface area contributed by atoms with Crippen LogP contribution >= 0.6 is 11.3 Å². The Bertz CT molecular complexity index is 989. The summed E-state index contributed by atoms with van der Waals surface area (Å²) in [6, 6.07) is 16.3. The summed E-state index contributed by atoms with van der Waals surface area (Å²) in [5, 5.41) is 9.51. The first-order chi connectivity index (χ1) is 14.9. The Morgan fingerprint density at radius 2 is 1.81 bits per heavy atom. The molecule has 2 atom stereocenters. The van der Waals surface area contributed by atoms with Crippen LogP contribution in [0.2, 0.25) is 0 Å². The first-order valence-corrected chi connectivity index (χ1v) is 11.6. The molecule has 0 saturated heterocycles. The number of hydrogen-bond donors (Lipinski definition) is 1. The molecule has 0 bridgehead atoms. The van der Waals surface area contributed by atoms with Gasteiger partial charge in [0, 0.05) is 23.1 Å². The Balaban J connectivity index is 1.64. The number of rotatable bonds is 11. The number of aliphatic carboxylic acids is 1. The molecule has 0 radical (unpaired) electrons. The van der Waals surface area contributed by atoms with E-state index in [2.05, 4.69) is 42.7 Å². The number of benzene rings is 1. The van der Waals surface area contributed by atoms with Gasteiger partial charge in [0.25, 0.3) is 0 Å². The van der Waals surface area contributed by atoms with E-state index < -0.39 is 12.1 Å². The maximum Gasteiger partial charge on any atom is 0.333 e. The van der Waals surface area contributed by atoms with Crippen LogP contribution in [0.15, 0.2) is 48.5 Å². The topological polar surface area (TPSA) is 60.7 Å². The molecule has 166 valence electrons. The average molecular weight is 442 g/mol. The number of nitrogens with zero attached hydrogens (tertiary/aromatic N) is 1.